The molecule has 0 unspecified atom stereocenters. The lowest BCUT2D eigenvalue weighted by atomic mass is 10.1. The Bertz CT molecular complexity index is 1070. The Balaban J connectivity index is 2.01. The van der Waals surface area contributed by atoms with Crippen molar-refractivity contribution >= 4 is 28.5 Å². The minimum Gasteiger partial charge on any atom is -0.455 e. The van der Waals surface area contributed by atoms with Crippen molar-refractivity contribution in [3.63, 3.8) is 0 Å². The normalized spacial score (nSPS) is 11.1. The van der Waals surface area contributed by atoms with Crippen LogP contribution >= 0.6 is 0 Å². The van der Waals surface area contributed by atoms with Crippen molar-refractivity contribution in [3.8, 4) is 11.3 Å². The molecule has 0 fully saturated rings. The van der Waals surface area contributed by atoms with Crippen LogP contribution in [0.15, 0.2) is 61.3 Å². The highest BCUT2D eigenvalue weighted by molar-refractivity contribution is 6.05. The standard InChI is InChI=1S/C22H21N3O3/c1-5-20(26)25-18-11-12-23-17-10-9-14(13-15(17)18)16-7-6-8-19(24-16)21(27)28-22(2,3)4/h5-13H,1H2,2-4H3,(H,23,25,26). The molecule has 1 aromatic carbocycles. The number of fused-ring (bicyclic) bond motifs is 1. The number of benzene rings is 1. The lowest BCUT2D eigenvalue weighted by molar-refractivity contribution is -0.111. The quantitative estimate of drug-likeness (QED) is 0.541. The maximum Gasteiger partial charge on any atom is 0.357 e. The van der Waals surface area contributed by atoms with Crippen LogP contribution in [-0.2, 0) is 9.53 Å². The molecule has 28 heavy (non-hydrogen) atoms. The second kappa shape index (κ2) is 7.60. The Hall–Kier alpha value is -3.54. The third kappa shape index (κ3) is 4.40. The molecule has 0 radical (unpaired) electrons. The Morgan fingerprint density at radius 1 is 1.14 bits per heavy atom. The van der Waals surface area contributed by atoms with Crippen LogP contribution in [0.4, 0.5) is 5.69 Å². The van der Waals surface area contributed by atoms with Crippen LogP contribution < -0.4 is 5.32 Å². The fourth-order valence-electron chi connectivity index (χ4n) is 2.64. The fraction of sp³-hybridized carbons (Fsp3) is 0.182. The van der Waals surface area contributed by atoms with Crippen LogP contribution in [0, 0.1) is 0 Å². The SMILES string of the molecule is C=CC(=O)Nc1ccnc2ccc(-c3cccc(C(=O)OC(C)(C)C)n3)cc12. The summed E-state index contributed by atoms with van der Waals surface area (Å²) in [6, 6.07) is 12.5. The molecule has 6 nitrogen and oxygen atoms in total. The van der Waals surface area contributed by atoms with Gasteiger partial charge in [-0.05, 0) is 57.2 Å². The summed E-state index contributed by atoms with van der Waals surface area (Å²) in [6.07, 6.45) is 2.84. The van der Waals surface area contributed by atoms with Gasteiger partial charge < -0.3 is 10.1 Å². The molecular weight excluding hydrogens is 354 g/mol. The predicted octanol–water partition coefficient (Wildman–Crippen LogP) is 4.38. The van der Waals surface area contributed by atoms with Gasteiger partial charge in [0.1, 0.15) is 11.3 Å². The molecule has 0 atom stereocenters. The first kappa shape index (κ1) is 19.2. The third-order valence-electron chi connectivity index (χ3n) is 3.84. The van der Waals surface area contributed by atoms with E-state index in [-0.39, 0.29) is 11.6 Å². The number of ether oxygens (including phenoxy) is 1. The van der Waals surface area contributed by atoms with Crippen molar-refractivity contribution in [3.05, 3.63) is 67.0 Å². The van der Waals surface area contributed by atoms with E-state index in [9.17, 15) is 9.59 Å². The number of aromatic nitrogens is 2. The summed E-state index contributed by atoms with van der Waals surface area (Å²) < 4.78 is 5.39. The van der Waals surface area contributed by atoms with Gasteiger partial charge in [-0.2, -0.15) is 0 Å². The van der Waals surface area contributed by atoms with E-state index >= 15 is 0 Å². The first-order valence-corrected chi connectivity index (χ1v) is 8.80. The van der Waals surface area contributed by atoms with E-state index in [2.05, 4.69) is 21.9 Å². The van der Waals surface area contributed by atoms with E-state index in [1.807, 2.05) is 45.0 Å². The fourth-order valence-corrected chi connectivity index (χ4v) is 2.64. The van der Waals surface area contributed by atoms with Gasteiger partial charge in [0.2, 0.25) is 5.91 Å². The number of nitrogens with one attached hydrogen (secondary N) is 1. The van der Waals surface area contributed by atoms with Gasteiger partial charge in [0, 0.05) is 17.1 Å². The van der Waals surface area contributed by atoms with Gasteiger partial charge in [0.05, 0.1) is 16.9 Å². The largest absolute Gasteiger partial charge is 0.455 e. The number of amides is 1. The lowest BCUT2D eigenvalue weighted by Gasteiger charge is -2.19. The number of nitrogens with zero attached hydrogens (tertiary/aromatic N) is 2. The predicted molar refractivity (Wildman–Crippen MR) is 109 cm³/mol. The average Bonchev–Trinajstić information content (AvgIpc) is 2.66. The van der Waals surface area contributed by atoms with Crippen LogP contribution in [0.25, 0.3) is 22.2 Å². The summed E-state index contributed by atoms with van der Waals surface area (Å²) in [4.78, 5) is 32.8. The van der Waals surface area contributed by atoms with E-state index in [1.165, 1.54) is 6.08 Å². The van der Waals surface area contributed by atoms with Gasteiger partial charge in [-0.3, -0.25) is 9.78 Å². The number of carbonyl (C=O) groups excluding carboxylic acids is 2. The number of rotatable bonds is 4. The molecule has 1 amide bonds. The van der Waals surface area contributed by atoms with Crippen LogP contribution in [0.1, 0.15) is 31.3 Å². The van der Waals surface area contributed by atoms with Crippen molar-refractivity contribution in [1.82, 2.24) is 9.97 Å². The molecule has 0 spiro atoms. The molecule has 1 N–H and O–H groups in total. The Kier molecular flexibility index (Phi) is 5.22. The molecule has 0 aliphatic heterocycles. The second-order valence-electron chi connectivity index (χ2n) is 7.19. The monoisotopic (exact) mass is 375 g/mol. The van der Waals surface area contributed by atoms with Gasteiger partial charge >= 0.3 is 5.97 Å². The van der Waals surface area contributed by atoms with Crippen molar-refractivity contribution in [2.45, 2.75) is 26.4 Å². The molecule has 2 heterocycles. The first-order valence-electron chi connectivity index (χ1n) is 8.80. The van der Waals surface area contributed by atoms with E-state index < -0.39 is 11.6 Å². The molecule has 0 saturated heterocycles. The molecule has 142 valence electrons. The third-order valence-corrected chi connectivity index (χ3v) is 3.84. The van der Waals surface area contributed by atoms with E-state index in [0.717, 1.165) is 16.5 Å². The van der Waals surface area contributed by atoms with Crippen LogP contribution in [0.2, 0.25) is 0 Å². The zero-order valence-electron chi connectivity index (χ0n) is 16.0. The number of carbonyl (C=O) groups is 2. The van der Waals surface area contributed by atoms with Gasteiger partial charge in [0.25, 0.3) is 0 Å². The van der Waals surface area contributed by atoms with Crippen LogP contribution in [0.5, 0.6) is 0 Å². The number of hydrogen-bond donors (Lipinski definition) is 1. The lowest BCUT2D eigenvalue weighted by Crippen LogP contribution is -2.24. The second-order valence-corrected chi connectivity index (χ2v) is 7.19. The highest BCUT2D eigenvalue weighted by Crippen LogP contribution is 2.27. The molecule has 0 aliphatic rings. The summed E-state index contributed by atoms with van der Waals surface area (Å²) in [7, 11) is 0. The Morgan fingerprint density at radius 3 is 2.64 bits per heavy atom. The van der Waals surface area contributed by atoms with Crippen molar-refractivity contribution in [2.75, 3.05) is 5.32 Å². The number of anilines is 1. The number of pyridine rings is 2. The maximum absolute atomic E-state index is 12.3. The Morgan fingerprint density at radius 2 is 1.93 bits per heavy atom. The number of hydrogen-bond acceptors (Lipinski definition) is 5. The average molecular weight is 375 g/mol. The molecule has 0 aliphatic carbocycles. The molecule has 2 aromatic heterocycles. The summed E-state index contributed by atoms with van der Waals surface area (Å²) in [5, 5.41) is 3.54. The summed E-state index contributed by atoms with van der Waals surface area (Å²) in [5.41, 5.74) is 2.41. The molecule has 3 rings (SSSR count). The molecular formula is C22H21N3O3. The van der Waals surface area contributed by atoms with Crippen molar-refractivity contribution in [1.29, 1.82) is 0 Å². The van der Waals surface area contributed by atoms with Crippen LogP contribution in [-0.4, -0.2) is 27.4 Å². The van der Waals surface area contributed by atoms with Gasteiger partial charge in [0.15, 0.2) is 0 Å². The summed E-state index contributed by atoms with van der Waals surface area (Å²) in [6.45, 7) is 8.90. The Labute approximate surface area is 163 Å². The van der Waals surface area contributed by atoms with Gasteiger partial charge in [-0.15, -0.1) is 0 Å². The number of esters is 1. The molecule has 6 heteroatoms. The highest BCUT2D eigenvalue weighted by atomic mass is 16.6. The minimum absolute atomic E-state index is 0.235. The highest BCUT2D eigenvalue weighted by Gasteiger charge is 2.19. The molecule has 3 aromatic rings. The van der Waals surface area contributed by atoms with Gasteiger partial charge in [-0.1, -0.05) is 18.7 Å². The minimum atomic E-state index is -0.596. The topological polar surface area (TPSA) is 81.2 Å². The smallest absolute Gasteiger partial charge is 0.357 e. The molecule has 0 bridgehead atoms. The van der Waals surface area contributed by atoms with Gasteiger partial charge in [-0.25, -0.2) is 9.78 Å². The van der Waals surface area contributed by atoms with Crippen LogP contribution in [0.3, 0.4) is 0 Å². The van der Waals surface area contributed by atoms with E-state index in [0.29, 0.717) is 11.4 Å². The zero-order valence-corrected chi connectivity index (χ0v) is 16.0. The van der Waals surface area contributed by atoms with E-state index in [4.69, 9.17) is 4.74 Å². The summed E-state index contributed by atoms with van der Waals surface area (Å²) in [5.74, 6) is -0.779. The molecule has 0 saturated carbocycles. The zero-order chi connectivity index (χ0) is 20.3. The van der Waals surface area contributed by atoms with Crippen molar-refractivity contribution in [2.24, 2.45) is 0 Å². The summed E-state index contributed by atoms with van der Waals surface area (Å²) >= 11 is 0. The maximum atomic E-state index is 12.3. The van der Waals surface area contributed by atoms with E-state index in [1.54, 1.807) is 24.4 Å². The van der Waals surface area contributed by atoms with Crippen molar-refractivity contribution < 1.29 is 14.3 Å². The first-order chi connectivity index (χ1) is 13.3.